The van der Waals surface area contributed by atoms with E-state index < -0.39 is 15.7 Å². The predicted octanol–water partition coefficient (Wildman–Crippen LogP) is -1.09. The molecule has 0 atom stereocenters. The number of hydrogen-bond acceptors (Lipinski definition) is 5. The Kier molecular flexibility index (Phi) is 7.44. The van der Waals surface area contributed by atoms with Gasteiger partial charge in [-0.1, -0.05) is 6.08 Å². The minimum absolute atomic E-state index is 0.0469. The zero-order valence-corrected chi connectivity index (χ0v) is 10.3. The fourth-order valence-corrected chi connectivity index (χ4v) is 1.82. The van der Waals surface area contributed by atoms with Gasteiger partial charge in [0.25, 0.3) is 0 Å². The van der Waals surface area contributed by atoms with Crippen molar-refractivity contribution in [3.05, 3.63) is 24.1 Å². The van der Waals surface area contributed by atoms with Gasteiger partial charge in [0, 0.05) is 24.6 Å². The van der Waals surface area contributed by atoms with Crippen molar-refractivity contribution >= 4 is 15.7 Å². The second-order valence-corrected chi connectivity index (χ2v) is 5.12. The molecule has 0 aliphatic carbocycles. The van der Waals surface area contributed by atoms with Crippen molar-refractivity contribution in [2.24, 2.45) is 0 Å². The van der Waals surface area contributed by atoms with E-state index in [0.29, 0.717) is 0 Å². The van der Waals surface area contributed by atoms with E-state index in [9.17, 15) is 13.2 Å². The molecule has 0 saturated carbocycles. The number of aliphatic hydroxyl groups excluding tert-OH is 2. The van der Waals surface area contributed by atoms with E-state index in [1.807, 2.05) is 0 Å². The summed E-state index contributed by atoms with van der Waals surface area (Å²) >= 11 is 0. The van der Waals surface area contributed by atoms with E-state index in [1.54, 1.807) is 0 Å². The topological polar surface area (TPSA) is 94.9 Å². The molecule has 0 heterocycles. The van der Waals surface area contributed by atoms with Crippen LogP contribution in [0, 0.1) is 0 Å². The molecule has 0 aromatic carbocycles. The van der Waals surface area contributed by atoms with Crippen molar-refractivity contribution in [3.63, 3.8) is 0 Å². The molecule has 2 N–H and O–H groups in total. The first-order chi connectivity index (χ1) is 7.96. The van der Waals surface area contributed by atoms with E-state index >= 15 is 0 Å². The largest absolute Gasteiger partial charge is 0.395 e. The van der Waals surface area contributed by atoms with Crippen LogP contribution in [0.4, 0.5) is 0 Å². The third-order valence-corrected chi connectivity index (χ3v) is 3.07. The second kappa shape index (κ2) is 7.99. The van der Waals surface area contributed by atoms with Crippen molar-refractivity contribution in [2.75, 3.05) is 32.1 Å². The number of nitrogens with zero attached hydrogens (tertiary/aromatic N) is 1. The molecular formula is C10H17NO5S. The summed E-state index contributed by atoms with van der Waals surface area (Å²) < 4.78 is 22.5. The van der Waals surface area contributed by atoms with Gasteiger partial charge in [-0.15, -0.1) is 6.58 Å². The molecule has 0 radical (unpaired) electrons. The highest BCUT2D eigenvalue weighted by molar-refractivity contribution is 7.94. The Hall–Kier alpha value is -1.18. The lowest BCUT2D eigenvalue weighted by Crippen LogP contribution is -2.34. The molecule has 17 heavy (non-hydrogen) atoms. The maximum atomic E-state index is 11.5. The van der Waals surface area contributed by atoms with Gasteiger partial charge in [-0.25, -0.2) is 8.42 Å². The van der Waals surface area contributed by atoms with Gasteiger partial charge in [-0.2, -0.15) is 0 Å². The van der Waals surface area contributed by atoms with E-state index in [4.69, 9.17) is 10.2 Å². The zero-order valence-electron chi connectivity index (χ0n) is 9.45. The summed E-state index contributed by atoms with van der Waals surface area (Å²) in [5.41, 5.74) is 0. The van der Waals surface area contributed by atoms with E-state index in [2.05, 4.69) is 6.58 Å². The van der Waals surface area contributed by atoms with Gasteiger partial charge in [-0.05, 0) is 0 Å². The predicted molar refractivity (Wildman–Crippen MR) is 63.9 cm³/mol. The summed E-state index contributed by atoms with van der Waals surface area (Å²) in [6, 6.07) is 0. The van der Waals surface area contributed by atoms with Crippen molar-refractivity contribution < 1.29 is 23.4 Å². The summed E-state index contributed by atoms with van der Waals surface area (Å²) in [7, 11) is -3.46. The quantitative estimate of drug-likeness (QED) is 0.429. The minimum atomic E-state index is -3.46. The molecule has 0 saturated heterocycles. The molecule has 0 spiro atoms. The molecule has 7 heteroatoms. The van der Waals surface area contributed by atoms with Gasteiger partial charge < -0.3 is 15.1 Å². The Morgan fingerprint density at radius 1 is 1.24 bits per heavy atom. The summed E-state index contributed by atoms with van der Waals surface area (Å²) in [5.74, 6) is -0.808. The van der Waals surface area contributed by atoms with Crippen LogP contribution in [0.1, 0.15) is 0 Å². The average molecular weight is 263 g/mol. The lowest BCUT2D eigenvalue weighted by Gasteiger charge is -2.18. The van der Waals surface area contributed by atoms with Crippen LogP contribution in [0.5, 0.6) is 0 Å². The first-order valence-electron chi connectivity index (χ1n) is 4.99. The van der Waals surface area contributed by atoms with Crippen LogP contribution in [-0.4, -0.2) is 61.5 Å². The Bertz CT molecular complexity index is 368. The summed E-state index contributed by atoms with van der Waals surface area (Å²) in [5, 5.41) is 18.2. The Labute approximate surface area is 101 Å². The number of carbonyl (C=O) groups excluding carboxylic acids is 1. The van der Waals surface area contributed by atoms with Crippen molar-refractivity contribution in [2.45, 2.75) is 0 Å². The van der Waals surface area contributed by atoms with Gasteiger partial charge in [0.05, 0.1) is 19.0 Å². The van der Waals surface area contributed by atoms with E-state index in [1.165, 1.54) is 6.08 Å². The molecule has 0 aliphatic rings. The lowest BCUT2D eigenvalue weighted by molar-refractivity contribution is -0.127. The van der Waals surface area contributed by atoms with Crippen molar-refractivity contribution in [1.29, 1.82) is 0 Å². The molecule has 0 rings (SSSR count). The van der Waals surface area contributed by atoms with Crippen LogP contribution in [0.25, 0.3) is 0 Å². The third kappa shape index (κ3) is 6.88. The number of sulfone groups is 1. The van der Waals surface area contributed by atoms with Crippen LogP contribution in [0.2, 0.25) is 0 Å². The fraction of sp³-hybridized carbons (Fsp3) is 0.500. The first kappa shape index (κ1) is 15.8. The normalized spacial score (nSPS) is 11.6. The van der Waals surface area contributed by atoms with Crippen LogP contribution in [0.15, 0.2) is 24.1 Å². The molecule has 0 bridgehead atoms. The second-order valence-electron chi connectivity index (χ2n) is 3.19. The third-order valence-electron chi connectivity index (χ3n) is 1.82. The first-order valence-corrected chi connectivity index (χ1v) is 6.70. The van der Waals surface area contributed by atoms with Crippen LogP contribution >= 0.6 is 0 Å². The van der Waals surface area contributed by atoms with Crippen molar-refractivity contribution in [3.8, 4) is 0 Å². The highest BCUT2D eigenvalue weighted by Gasteiger charge is 2.10. The molecule has 0 fully saturated rings. The van der Waals surface area contributed by atoms with Crippen LogP contribution in [-0.2, 0) is 14.6 Å². The molecule has 98 valence electrons. The van der Waals surface area contributed by atoms with Gasteiger partial charge in [0.15, 0.2) is 9.84 Å². The molecule has 0 aliphatic heterocycles. The van der Waals surface area contributed by atoms with Crippen LogP contribution in [0.3, 0.4) is 0 Å². The van der Waals surface area contributed by atoms with Gasteiger partial charge >= 0.3 is 0 Å². The molecule has 0 aromatic rings. The molecular weight excluding hydrogens is 246 g/mol. The Morgan fingerprint density at radius 3 is 2.18 bits per heavy atom. The Balaban J connectivity index is 4.59. The molecule has 0 aromatic heterocycles. The minimum Gasteiger partial charge on any atom is -0.395 e. The lowest BCUT2D eigenvalue weighted by atomic mass is 10.4. The average Bonchev–Trinajstić information content (AvgIpc) is 2.26. The highest BCUT2D eigenvalue weighted by Crippen LogP contribution is 1.96. The van der Waals surface area contributed by atoms with E-state index in [0.717, 1.165) is 16.4 Å². The maximum Gasteiger partial charge on any atom is 0.247 e. The molecule has 6 nitrogen and oxygen atoms in total. The highest BCUT2D eigenvalue weighted by atomic mass is 32.2. The Morgan fingerprint density at radius 2 is 1.76 bits per heavy atom. The standard InChI is InChI=1S/C10H17NO5S/c1-2-8-17(15,16)9-3-10(14)11(4-6-12)5-7-13/h2-3,9,12-13H,1,4-8H2. The van der Waals surface area contributed by atoms with Gasteiger partial charge in [-0.3, -0.25) is 4.79 Å². The number of hydrogen-bond donors (Lipinski definition) is 2. The smallest absolute Gasteiger partial charge is 0.247 e. The fourth-order valence-electron chi connectivity index (χ4n) is 1.06. The van der Waals surface area contributed by atoms with Crippen LogP contribution < -0.4 is 0 Å². The maximum absolute atomic E-state index is 11.5. The number of rotatable bonds is 8. The number of amides is 1. The van der Waals surface area contributed by atoms with Gasteiger partial charge in [0.1, 0.15) is 0 Å². The summed E-state index contributed by atoms with van der Waals surface area (Å²) in [6.07, 6.45) is 2.13. The summed E-state index contributed by atoms with van der Waals surface area (Å²) in [4.78, 5) is 12.7. The number of carbonyl (C=O) groups is 1. The van der Waals surface area contributed by atoms with Gasteiger partial charge in [0.2, 0.25) is 5.91 Å². The molecule has 0 unspecified atom stereocenters. The number of aliphatic hydroxyl groups is 2. The monoisotopic (exact) mass is 263 g/mol. The summed E-state index contributed by atoms with van der Waals surface area (Å²) in [6.45, 7) is 2.88. The zero-order chi connectivity index (χ0) is 13.3. The SMILES string of the molecule is C=CCS(=O)(=O)C=CC(=O)N(CCO)CCO. The van der Waals surface area contributed by atoms with Crippen molar-refractivity contribution in [1.82, 2.24) is 4.90 Å². The molecule has 1 amide bonds. The van der Waals surface area contributed by atoms with E-state index in [-0.39, 0.29) is 32.1 Å².